The van der Waals surface area contributed by atoms with Crippen LogP contribution in [-0.4, -0.2) is 18.4 Å². The van der Waals surface area contributed by atoms with E-state index >= 15 is 0 Å². The third-order valence-electron chi connectivity index (χ3n) is 4.52. The topological polar surface area (TPSA) is 91.2 Å². The Hall–Kier alpha value is -3.60. The zero-order valence-corrected chi connectivity index (χ0v) is 19.9. The van der Waals surface area contributed by atoms with Gasteiger partial charge in [0.05, 0.1) is 0 Å². The highest BCUT2D eigenvalue weighted by atomic mass is 79.9. The van der Waals surface area contributed by atoms with E-state index in [1.165, 1.54) is 6.08 Å². The van der Waals surface area contributed by atoms with Crippen LogP contribution in [0.15, 0.2) is 76.8 Å². The smallest absolute Gasteiger partial charge is 0.266 e. The van der Waals surface area contributed by atoms with Crippen LogP contribution in [0.3, 0.4) is 0 Å². The molecule has 0 fully saturated rings. The van der Waals surface area contributed by atoms with Gasteiger partial charge in [0.2, 0.25) is 0 Å². The van der Waals surface area contributed by atoms with Gasteiger partial charge in [-0.25, -0.2) is 0 Å². The number of para-hydroxylation sites is 1. The van der Waals surface area contributed by atoms with E-state index in [0.29, 0.717) is 27.7 Å². The third-order valence-corrected chi connectivity index (χ3v) is 5.26. The molecule has 166 valence electrons. The summed E-state index contributed by atoms with van der Waals surface area (Å²) in [7, 11) is 0. The van der Waals surface area contributed by atoms with Crippen molar-refractivity contribution < 1.29 is 14.3 Å². The molecule has 0 heterocycles. The van der Waals surface area contributed by atoms with Crippen molar-refractivity contribution in [2.24, 2.45) is 0 Å². The Morgan fingerprint density at radius 2 is 1.82 bits per heavy atom. The van der Waals surface area contributed by atoms with Gasteiger partial charge in [0.15, 0.2) is 6.61 Å². The maximum atomic E-state index is 12.7. The summed E-state index contributed by atoms with van der Waals surface area (Å²) in [6.45, 7) is 1.60. The van der Waals surface area contributed by atoms with Gasteiger partial charge in [0.25, 0.3) is 11.8 Å². The number of anilines is 2. The molecule has 0 spiro atoms. The highest BCUT2D eigenvalue weighted by Crippen LogP contribution is 2.26. The van der Waals surface area contributed by atoms with E-state index in [1.54, 1.807) is 54.6 Å². The minimum Gasteiger partial charge on any atom is -0.483 e. The molecule has 0 radical (unpaired) electrons. The lowest BCUT2D eigenvalue weighted by Crippen LogP contribution is -2.20. The lowest BCUT2D eigenvalue weighted by atomic mass is 10.1. The van der Waals surface area contributed by atoms with Crippen molar-refractivity contribution in [1.29, 1.82) is 5.26 Å². The van der Waals surface area contributed by atoms with Crippen LogP contribution in [0.5, 0.6) is 5.75 Å². The lowest BCUT2D eigenvalue weighted by molar-refractivity contribution is -0.118. The molecule has 0 aliphatic rings. The van der Waals surface area contributed by atoms with Gasteiger partial charge >= 0.3 is 0 Å². The SMILES string of the molecule is Cc1ccccc1NC(=O)/C(C#N)=C/c1cc(Br)ccc1OCC(=O)Nc1ccc(Cl)cc1. The Morgan fingerprint density at radius 1 is 1.09 bits per heavy atom. The van der Waals surface area contributed by atoms with Gasteiger partial charge in [-0.15, -0.1) is 0 Å². The molecule has 3 aromatic rings. The van der Waals surface area contributed by atoms with E-state index in [0.717, 1.165) is 10.0 Å². The van der Waals surface area contributed by atoms with Crippen LogP contribution < -0.4 is 15.4 Å². The Kier molecular flexibility index (Phi) is 8.25. The molecule has 0 aliphatic carbocycles. The molecule has 0 aliphatic heterocycles. The Labute approximate surface area is 205 Å². The molecular formula is C25H19BrClN3O3. The normalized spacial score (nSPS) is 10.8. The van der Waals surface area contributed by atoms with E-state index in [2.05, 4.69) is 26.6 Å². The second-order valence-corrected chi connectivity index (χ2v) is 8.32. The predicted octanol–water partition coefficient (Wildman–Crippen LogP) is 5.97. The van der Waals surface area contributed by atoms with Crippen LogP contribution in [0.2, 0.25) is 5.02 Å². The first kappa shape index (κ1) is 24.1. The average Bonchev–Trinajstić information content (AvgIpc) is 2.79. The maximum absolute atomic E-state index is 12.7. The zero-order valence-electron chi connectivity index (χ0n) is 17.6. The third kappa shape index (κ3) is 6.94. The molecule has 0 saturated heterocycles. The number of carbonyl (C=O) groups is 2. The van der Waals surface area contributed by atoms with Crippen LogP contribution in [0.1, 0.15) is 11.1 Å². The van der Waals surface area contributed by atoms with E-state index in [9.17, 15) is 14.9 Å². The number of nitrogens with zero attached hydrogens (tertiary/aromatic N) is 1. The van der Waals surface area contributed by atoms with Gasteiger partial charge in [0, 0.05) is 26.4 Å². The molecule has 6 nitrogen and oxygen atoms in total. The number of ether oxygens (including phenoxy) is 1. The molecule has 0 saturated carbocycles. The van der Waals surface area contributed by atoms with Crippen molar-refractivity contribution in [3.63, 3.8) is 0 Å². The number of hydrogen-bond acceptors (Lipinski definition) is 4. The van der Waals surface area contributed by atoms with Crippen LogP contribution in [0, 0.1) is 18.3 Å². The number of amides is 2. The highest BCUT2D eigenvalue weighted by Gasteiger charge is 2.13. The summed E-state index contributed by atoms with van der Waals surface area (Å²) in [5.41, 5.74) is 2.45. The summed E-state index contributed by atoms with van der Waals surface area (Å²) in [4.78, 5) is 24.9. The number of carbonyl (C=O) groups excluding carboxylic acids is 2. The van der Waals surface area contributed by atoms with Gasteiger partial charge in [-0.2, -0.15) is 5.26 Å². The molecule has 33 heavy (non-hydrogen) atoms. The molecule has 8 heteroatoms. The van der Waals surface area contributed by atoms with Crippen molar-refractivity contribution in [3.8, 4) is 11.8 Å². The molecule has 0 aromatic heterocycles. The Bertz CT molecular complexity index is 1250. The standard InChI is InChI=1S/C25H19BrClN3O3/c1-16-4-2-3-5-22(16)30-25(32)18(14-28)12-17-13-19(26)6-11-23(17)33-15-24(31)29-21-9-7-20(27)8-10-21/h2-13H,15H2,1H3,(H,29,31)(H,30,32)/b18-12+. The fourth-order valence-corrected chi connectivity index (χ4v) is 3.35. The summed E-state index contributed by atoms with van der Waals surface area (Å²) in [6.07, 6.45) is 1.42. The van der Waals surface area contributed by atoms with E-state index in [-0.39, 0.29) is 18.1 Å². The summed E-state index contributed by atoms with van der Waals surface area (Å²) in [6, 6.07) is 21.0. The van der Waals surface area contributed by atoms with Gasteiger partial charge in [-0.1, -0.05) is 45.7 Å². The van der Waals surface area contributed by atoms with Gasteiger partial charge < -0.3 is 15.4 Å². The van der Waals surface area contributed by atoms with Crippen molar-refractivity contribution in [2.75, 3.05) is 17.2 Å². The molecule has 2 N–H and O–H groups in total. The summed E-state index contributed by atoms with van der Waals surface area (Å²) < 4.78 is 6.39. The first-order chi connectivity index (χ1) is 15.9. The van der Waals surface area contributed by atoms with Crippen molar-refractivity contribution in [3.05, 3.63) is 92.9 Å². The van der Waals surface area contributed by atoms with Crippen molar-refractivity contribution in [1.82, 2.24) is 0 Å². The van der Waals surface area contributed by atoms with E-state index in [4.69, 9.17) is 16.3 Å². The van der Waals surface area contributed by atoms with E-state index in [1.807, 2.05) is 25.1 Å². The number of hydrogen-bond donors (Lipinski definition) is 2. The fourth-order valence-electron chi connectivity index (χ4n) is 2.84. The van der Waals surface area contributed by atoms with Crippen molar-refractivity contribution in [2.45, 2.75) is 6.92 Å². The largest absolute Gasteiger partial charge is 0.483 e. The quantitative estimate of drug-likeness (QED) is 0.294. The first-order valence-corrected chi connectivity index (χ1v) is 11.0. The molecular weight excluding hydrogens is 506 g/mol. The van der Waals surface area contributed by atoms with Crippen LogP contribution in [0.25, 0.3) is 6.08 Å². The van der Waals surface area contributed by atoms with Gasteiger partial charge in [-0.3, -0.25) is 9.59 Å². The Morgan fingerprint density at radius 3 is 2.52 bits per heavy atom. The van der Waals surface area contributed by atoms with Crippen LogP contribution in [0.4, 0.5) is 11.4 Å². The number of nitriles is 1. The first-order valence-electron chi connectivity index (χ1n) is 9.82. The molecule has 0 bridgehead atoms. The van der Waals surface area contributed by atoms with Gasteiger partial charge in [0.1, 0.15) is 17.4 Å². The summed E-state index contributed by atoms with van der Waals surface area (Å²) in [5, 5.41) is 15.6. The second-order valence-electron chi connectivity index (χ2n) is 6.96. The van der Waals surface area contributed by atoms with Crippen molar-refractivity contribution >= 4 is 56.8 Å². The lowest BCUT2D eigenvalue weighted by Gasteiger charge is -2.11. The maximum Gasteiger partial charge on any atom is 0.266 e. The predicted molar refractivity (Wildman–Crippen MR) is 133 cm³/mol. The number of rotatable bonds is 7. The zero-order chi connectivity index (χ0) is 23.8. The summed E-state index contributed by atoms with van der Waals surface area (Å²) in [5.74, 6) is -0.563. The molecule has 3 rings (SSSR count). The number of benzene rings is 3. The highest BCUT2D eigenvalue weighted by molar-refractivity contribution is 9.10. The minimum absolute atomic E-state index is 0.105. The summed E-state index contributed by atoms with van der Waals surface area (Å²) >= 11 is 9.23. The molecule has 0 atom stereocenters. The second kappa shape index (κ2) is 11.3. The monoisotopic (exact) mass is 523 g/mol. The van der Waals surface area contributed by atoms with Crippen LogP contribution >= 0.6 is 27.5 Å². The molecule has 0 unspecified atom stereocenters. The van der Waals surface area contributed by atoms with E-state index < -0.39 is 5.91 Å². The van der Waals surface area contributed by atoms with Gasteiger partial charge in [-0.05, 0) is 67.1 Å². The average molecular weight is 525 g/mol. The Balaban J connectivity index is 1.75. The van der Waals surface area contributed by atoms with Crippen LogP contribution in [-0.2, 0) is 9.59 Å². The fraction of sp³-hybridized carbons (Fsp3) is 0.0800. The molecule has 2 amide bonds. The molecule has 3 aromatic carbocycles. The number of nitrogens with one attached hydrogen (secondary N) is 2. The number of aryl methyl sites for hydroxylation is 1. The minimum atomic E-state index is -0.543. The number of halogens is 2.